The molecule has 3 heterocycles. The molecule has 1 aromatic carbocycles. The van der Waals surface area contributed by atoms with Crippen molar-refractivity contribution in [2.75, 3.05) is 20.2 Å². The van der Waals surface area contributed by atoms with Gasteiger partial charge in [-0.3, -0.25) is 4.79 Å². The molecule has 7 nitrogen and oxygen atoms in total. The quantitative estimate of drug-likeness (QED) is 0.575. The van der Waals surface area contributed by atoms with Gasteiger partial charge in [-0.15, -0.1) is 0 Å². The summed E-state index contributed by atoms with van der Waals surface area (Å²) in [4.78, 5) is 29.8. The molecule has 0 aliphatic carbocycles. The molecule has 30 heavy (non-hydrogen) atoms. The molecule has 1 amide bonds. The Morgan fingerprint density at radius 1 is 1.20 bits per heavy atom. The fraction of sp³-hybridized carbons (Fsp3) is 0.286. The molecular weight excluding hydrogens is 429 g/mol. The third kappa shape index (κ3) is 3.70. The van der Waals surface area contributed by atoms with Crippen LogP contribution in [0.4, 0.5) is 4.79 Å². The van der Waals surface area contributed by atoms with E-state index in [0.717, 1.165) is 5.56 Å². The number of rotatable bonds is 4. The number of halogens is 2. The van der Waals surface area contributed by atoms with Crippen LogP contribution in [0.2, 0.25) is 10.0 Å². The van der Waals surface area contributed by atoms with Crippen molar-refractivity contribution >= 4 is 40.7 Å². The van der Waals surface area contributed by atoms with Gasteiger partial charge in [-0.2, -0.15) is 0 Å². The maximum atomic E-state index is 12.9. The normalized spacial score (nSPS) is 14.8. The molecule has 0 atom stereocenters. The number of ketones is 1. The number of pyridine rings is 1. The van der Waals surface area contributed by atoms with Gasteiger partial charge in [0.2, 0.25) is 0 Å². The van der Waals surface area contributed by atoms with Crippen molar-refractivity contribution in [1.82, 2.24) is 14.3 Å². The van der Waals surface area contributed by atoms with Crippen LogP contribution in [0.3, 0.4) is 0 Å². The molecule has 9 heteroatoms. The predicted molar refractivity (Wildman–Crippen MR) is 114 cm³/mol. The van der Waals surface area contributed by atoms with Gasteiger partial charge in [-0.05, 0) is 42.7 Å². The number of piperidine rings is 1. The zero-order chi connectivity index (χ0) is 21.4. The van der Waals surface area contributed by atoms with E-state index >= 15 is 0 Å². The minimum Gasteiger partial charge on any atom is -0.496 e. The summed E-state index contributed by atoms with van der Waals surface area (Å²) in [7, 11) is 1.56. The first-order chi connectivity index (χ1) is 14.4. The van der Waals surface area contributed by atoms with E-state index in [2.05, 4.69) is 4.98 Å². The van der Waals surface area contributed by atoms with Crippen molar-refractivity contribution in [3.63, 3.8) is 0 Å². The van der Waals surface area contributed by atoms with Crippen molar-refractivity contribution in [3.05, 3.63) is 52.4 Å². The lowest BCUT2D eigenvalue weighted by molar-refractivity contribution is 0.0817. The number of amides is 1. The summed E-state index contributed by atoms with van der Waals surface area (Å²) in [5, 5.41) is 9.87. The van der Waals surface area contributed by atoms with Crippen molar-refractivity contribution in [2.45, 2.75) is 12.8 Å². The Kier molecular flexibility index (Phi) is 5.58. The topological polar surface area (TPSA) is 84.1 Å². The van der Waals surface area contributed by atoms with Crippen LogP contribution in [0.15, 0.2) is 36.7 Å². The van der Waals surface area contributed by atoms with Crippen LogP contribution in [0, 0.1) is 5.92 Å². The Morgan fingerprint density at radius 2 is 1.93 bits per heavy atom. The zero-order valence-corrected chi connectivity index (χ0v) is 17.7. The van der Waals surface area contributed by atoms with E-state index in [-0.39, 0.29) is 11.7 Å². The van der Waals surface area contributed by atoms with Crippen molar-refractivity contribution < 1.29 is 19.4 Å². The Hall–Kier alpha value is -2.77. The highest BCUT2D eigenvalue weighted by atomic mass is 35.5. The minimum atomic E-state index is -0.948. The monoisotopic (exact) mass is 447 g/mol. The van der Waals surface area contributed by atoms with Gasteiger partial charge in [0.05, 0.1) is 17.2 Å². The number of Topliss-reactive ketones (excluding diaryl/α,β-unsaturated/α-hetero) is 1. The minimum absolute atomic E-state index is 0.0661. The third-order valence-corrected chi connectivity index (χ3v) is 6.22. The van der Waals surface area contributed by atoms with E-state index in [1.165, 1.54) is 4.90 Å². The Labute approximate surface area is 182 Å². The number of aromatic nitrogens is 2. The molecule has 0 bridgehead atoms. The molecule has 156 valence electrons. The second kappa shape index (κ2) is 8.16. The van der Waals surface area contributed by atoms with Crippen molar-refractivity contribution in [2.24, 2.45) is 5.92 Å². The lowest BCUT2D eigenvalue weighted by atomic mass is 9.91. The highest BCUT2D eigenvalue weighted by molar-refractivity contribution is 6.44. The van der Waals surface area contributed by atoms with E-state index < -0.39 is 6.09 Å². The molecule has 1 fully saturated rings. The molecule has 1 saturated heterocycles. The molecule has 0 spiro atoms. The Balaban J connectivity index is 1.63. The van der Waals surface area contributed by atoms with Crippen LogP contribution in [0.25, 0.3) is 16.8 Å². The summed E-state index contributed by atoms with van der Waals surface area (Å²) in [6, 6.07) is 7.10. The number of ether oxygens (including phenoxy) is 1. The number of likely N-dealkylation sites (tertiary alicyclic amines) is 1. The molecule has 1 aliphatic heterocycles. The highest BCUT2D eigenvalue weighted by Gasteiger charge is 2.29. The number of hydrogen-bond acceptors (Lipinski definition) is 4. The van der Waals surface area contributed by atoms with E-state index in [4.69, 9.17) is 33.0 Å². The molecule has 1 aliphatic rings. The molecule has 3 aromatic rings. The van der Waals surface area contributed by atoms with Crippen LogP contribution in [-0.4, -0.2) is 51.5 Å². The second-order valence-corrected chi connectivity index (χ2v) is 7.94. The largest absolute Gasteiger partial charge is 0.496 e. The number of methoxy groups -OCH3 is 1. The molecule has 0 radical (unpaired) electrons. The van der Waals surface area contributed by atoms with E-state index in [1.54, 1.807) is 36.0 Å². The zero-order valence-electron chi connectivity index (χ0n) is 16.1. The fourth-order valence-corrected chi connectivity index (χ4v) is 4.19. The smallest absolute Gasteiger partial charge is 0.407 e. The standard InChI is InChI=1S/C21H19Cl2N3O4/c1-30-16-3-2-14(22)19(23)18(16)13-6-9-26-11-15(24-17(26)10-13)20(27)12-4-7-25(8-5-12)21(28)29/h2-3,6,9-12H,4-5,7-8H2,1H3,(H,28,29). The maximum absolute atomic E-state index is 12.9. The number of fused-ring (bicyclic) bond motifs is 1. The number of carbonyl (C=O) groups excluding carboxylic acids is 1. The highest BCUT2D eigenvalue weighted by Crippen LogP contribution is 2.40. The van der Waals surface area contributed by atoms with Gasteiger partial charge in [0.25, 0.3) is 0 Å². The third-order valence-electron chi connectivity index (χ3n) is 5.41. The average molecular weight is 448 g/mol. The summed E-state index contributed by atoms with van der Waals surface area (Å²) < 4.78 is 7.20. The van der Waals surface area contributed by atoms with Crippen LogP contribution in [0.1, 0.15) is 23.3 Å². The lowest BCUT2D eigenvalue weighted by Gasteiger charge is -2.28. The number of hydrogen-bond donors (Lipinski definition) is 1. The second-order valence-electron chi connectivity index (χ2n) is 7.15. The van der Waals surface area contributed by atoms with Crippen LogP contribution >= 0.6 is 23.2 Å². The first kappa shape index (κ1) is 20.5. The predicted octanol–water partition coefficient (Wildman–Crippen LogP) is 4.89. The van der Waals surface area contributed by atoms with Crippen molar-refractivity contribution in [3.8, 4) is 16.9 Å². The van der Waals surface area contributed by atoms with Gasteiger partial charge in [0, 0.05) is 37.0 Å². The summed E-state index contributed by atoms with van der Waals surface area (Å²) in [6.07, 6.45) is 3.55. The number of benzene rings is 1. The number of carboxylic acid groups (broad SMARTS) is 1. The summed E-state index contributed by atoms with van der Waals surface area (Å²) in [6.45, 7) is 0.715. The Bertz CT molecular complexity index is 1140. The van der Waals surface area contributed by atoms with E-state index in [1.807, 2.05) is 12.1 Å². The summed E-state index contributed by atoms with van der Waals surface area (Å²) in [5.41, 5.74) is 2.39. The van der Waals surface area contributed by atoms with E-state index in [9.17, 15) is 9.59 Å². The van der Waals surface area contributed by atoms with Crippen LogP contribution in [-0.2, 0) is 0 Å². The van der Waals surface area contributed by atoms with Crippen molar-refractivity contribution in [1.29, 1.82) is 0 Å². The summed E-state index contributed by atoms with van der Waals surface area (Å²) >= 11 is 12.6. The van der Waals surface area contributed by atoms with Gasteiger partial charge in [0.15, 0.2) is 5.78 Å². The first-order valence-electron chi connectivity index (χ1n) is 9.42. The SMILES string of the molecule is COc1ccc(Cl)c(Cl)c1-c1ccn2cc(C(=O)C3CCN(C(=O)O)CC3)nc2c1. The molecule has 1 N–H and O–H groups in total. The van der Waals surface area contributed by atoms with Crippen LogP contribution in [0.5, 0.6) is 5.75 Å². The maximum Gasteiger partial charge on any atom is 0.407 e. The van der Waals surface area contributed by atoms with E-state index in [0.29, 0.717) is 58.6 Å². The Morgan fingerprint density at radius 3 is 2.60 bits per heavy atom. The van der Waals surface area contributed by atoms with Gasteiger partial charge in [-0.1, -0.05) is 23.2 Å². The number of nitrogens with zero attached hydrogens (tertiary/aromatic N) is 3. The summed E-state index contributed by atoms with van der Waals surface area (Å²) in [5.74, 6) is 0.290. The fourth-order valence-electron chi connectivity index (χ4n) is 3.77. The molecular formula is C21H19Cl2N3O4. The molecule has 0 unspecified atom stereocenters. The lowest BCUT2D eigenvalue weighted by Crippen LogP contribution is -2.39. The van der Waals surface area contributed by atoms with Crippen LogP contribution < -0.4 is 4.74 Å². The van der Waals surface area contributed by atoms with Gasteiger partial charge in [-0.25, -0.2) is 9.78 Å². The average Bonchev–Trinajstić information content (AvgIpc) is 3.18. The molecule has 0 saturated carbocycles. The van der Waals surface area contributed by atoms with Gasteiger partial charge < -0.3 is 19.1 Å². The number of imidazole rings is 1. The molecule has 4 rings (SSSR count). The first-order valence-corrected chi connectivity index (χ1v) is 10.2. The van der Waals surface area contributed by atoms with Gasteiger partial charge >= 0.3 is 6.09 Å². The number of carbonyl (C=O) groups is 2. The van der Waals surface area contributed by atoms with Gasteiger partial charge in [0.1, 0.15) is 17.1 Å². The molecule has 2 aromatic heterocycles.